The maximum atomic E-state index is 9.86. The highest BCUT2D eigenvalue weighted by Crippen LogP contribution is 2.39. The summed E-state index contributed by atoms with van der Waals surface area (Å²) in [6.07, 6.45) is 5.00. The van der Waals surface area contributed by atoms with Crippen LogP contribution in [0.2, 0.25) is 0 Å². The van der Waals surface area contributed by atoms with Crippen molar-refractivity contribution in [3.8, 4) is 22.4 Å². The zero-order chi connectivity index (χ0) is 24.2. The molecule has 0 bridgehead atoms. The lowest BCUT2D eigenvalue weighted by atomic mass is 9.85. The molecule has 0 radical (unpaired) electrons. The number of hydrogen-bond acceptors (Lipinski definition) is 6. The maximum absolute atomic E-state index is 9.86. The summed E-state index contributed by atoms with van der Waals surface area (Å²) in [6.45, 7) is 0. The summed E-state index contributed by atoms with van der Waals surface area (Å²) in [5.41, 5.74) is 11.9. The minimum atomic E-state index is -1.83. The summed E-state index contributed by atoms with van der Waals surface area (Å²) in [5, 5.41) is 28.3. The lowest BCUT2D eigenvalue weighted by Crippen LogP contribution is -2.19. The Bertz CT molecular complexity index is 1280. The Balaban J connectivity index is 0.000000636. The summed E-state index contributed by atoms with van der Waals surface area (Å²) >= 11 is 3.63. The van der Waals surface area contributed by atoms with Crippen LogP contribution in [0.15, 0.2) is 59.3 Å². The van der Waals surface area contributed by atoms with Crippen LogP contribution in [-0.2, 0) is 0 Å². The van der Waals surface area contributed by atoms with E-state index in [4.69, 9.17) is 25.7 Å². The summed E-state index contributed by atoms with van der Waals surface area (Å²) in [7, 11) is 0. The molecule has 1 saturated carbocycles. The zero-order valence-electron chi connectivity index (χ0n) is 18.2. The number of rotatable bonds is 3. The average Bonchev–Trinajstić information content (AvgIpc) is 3.26. The summed E-state index contributed by atoms with van der Waals surface area (Å²) < 4.78 is 2.47. The van der Waals surface area contributed by atoms with Gasteiger partial charge in [0, 0.05) is 28.8 Å². The molecule has 34 heavy (non-hydrogen) atoms. The number of fused-ring (bicyclic) bond motifs is 1. The Morgan fingerprint density at radius 1 is 1.00 bits per heavy atom. The number of carbonyl (C=O) groups is 1. The second-order valence-corrected chi connectivity index (χ2v) is 8.87. The lowest BCUT2D eigenvalue weighted by Gasteiger charge is -2.26. The van der Waals surface area contributed by atoms with Crippen molar-refractivity contribution in [1.29, 1.82) is 0 Å². The van der Waals surface area contributed by atoms with Crippen LogP contribution in [0.5, 0.6) is 0 Å². The molecule has 0 amide bonds. The predicted octanol–water partition coefficient (Wildman–Crippen LogP) is 5.04. The number of aliphatic hydroxyl groups is 1. The fraction of sp³-hybridized carbons (Fsp3) is 0.250. The van der Waals surface area contributed by atoms with Gasteiger partial charge in [0.15, 0.2) is 5.65 Å². The number of nitrogens with zero attached hydrogens (tertiary/aromatic N) is 4. The van der Waals surface area contributed by atoms with E-state index in [9.17, 15) is 5.11 Å². The predicted molar refractivity (Wildman–Crippen MR) is 132 cm³/mol. The normalized spacial score (nSPS) is 17.7. The Labute approximate surface area is 204 Å². The van der Waals surface area contributed by atoms with Gasteiger partial charge in [-0.25, -0.2) is 9.78 Å². The Hall–Kier alpha value is -3.50. The second kappa shape index (κ2) is 10.2. The van der Waals surface area contributed by atoms with Gasteiger partial charge < -0.3 is 21.1 Å². The van der Waals surface area contributed by atoms with E-state index in [0.29, 0.717) is 5.82 Å². The number of carboxylic acid groups (broad SMARTS) is 2. The molecule has 176 valence electrons. The number of anilines is 1. The molecule has 9 nitrogen and oxygen atoms in total. The van der Waals surface area contributed by atoms with Crippen molar-refractivity contribution >= 4 is 33.6 Å². The lowest BCUT2D eigenvalue weighted by molar-refractivity contribution is 0.122. The van der Waals surface area contributed by atoms with Gasteiger partial charge in [-0.05, 0) is 47.7 Å². The van der Waals surface area contributed by atoms with Gasteiger partial charge in [-0.3, -0.25) is 4.98 Å². The number of pyridine rings is 1. The van der Waals surface area contributed by atoms with Crippen molar-refractivity contribution in [3.05, 3.63) is 65.0 Å². The van der Waals surface area contributed by atoms with Gasteiger partial charge in [0.1, 0.15) is 5.82 Å². The van der Waals surface area contributed by atoms with Crippen molar-refractivity contribution < 1.29 is 20.1 Å². The number of aromatic nitrogens is 4. The largest absolute Gasteiger partial charge is 0.503 e. The van der Waals surface area contributed by atoms with Crippen LogP contribution in [0.25, 0.3) is 28.0 Å². The van der Waals surface area contributed by atoms with E-state index in [-0.39, 0.29) is 12.0 Å². The molecule has 0 atom stereocenters. The highest BCUT2D eigenvalue weighted by Gasteiger charge is 2.26. The SMILES string of the molecule is Nc1c(Br)c(C2CCC(O)CC2)nc2c(-c3ccc(-c4ccccc4)nc3)cnn12.O=C(O)O. The Kier molecular flexibility index (Phi) is 7.09. The van der Waals surface area contributed by atoms with E-state index in [2.05, 4.69) is 26.0 Å². The first kappa shape index (κ1) is 23.7. The zero-order valence-corrected chi connectivity index (χ0v) is 19.8. The van der Waals surface area contributed by atoms with E-state index in [1.165, 1.54) is 0 Å². The van der Waals surface area contributed by atoms with Crippen molar-refractivity contribution in [3.63, 3.8) is 0 Å². The third-order valence-corrected chi connectivity index (χ3v) is 6.69. The van der Waals surface area contributed by atoms with E-state index in [1.807, 2.05) is 48.7 Å². The molecule has 0 unspecified atom stereocenters. The van der Waals surface area contributed by atoms with Crippen LogP contribution in [-0.4, -0.2) is 47.2 Å². The fourth-order valence-corrected chi connectivity index (χ4v) is 4.75. The number of nitrogens with two attached hydrogens (primary N) is 1. The molecule has 0 spiro atoms. The van der Waals surface area contributed by atoms with Gasteiger partial charge in [-0.1, -0.05) is 36.4 Å². The fourth-order valence-electron chi connectivity index (χ4n) is 4.17. The average molecular weight is 526 g/mol. The molecule has 5 rings (SSSR count). The third-order valence-electron chi connectivity index (χ3n) is 5.88. The van der Waals surface area contributed by atoms with Crippen LogP contribution in [0, 0.1) is 0 Å². The summed E-state index contributed by atoms with van der Waals surface area (Å²) in [4.78, 5) is 18.2. The van der Waals surface area contributed by atoms with Gasteiger partial charge in [0.05, 0.1) is 28.2 Å². The number of nitrogen functional groups attached to an aromatic ring is 1. The minimum absolute atomic E-state index is 0.208. The van der Waals surface area contributed by atoms with Crippen molar-refractivity contribution in [1.82, 2.24) is 19.6 Å². The molecule has 1 fully saturated rings. The monoisotopic (exact) mass is 525 g/mol. The molecule has 4 aromatic rings. The first-order chi connectivity index (χ1) is 16.3. The van der Waals surface area contributed by atoms with Crippen molar-refractivity contribution in [2.24, 2.45) is 0 Å². The number of halogens is 1. The van der Waals surface area contributed by atoms with Gasteiger partial charge in [0.2, 0.25) is 0 Å². The quantitative estimate of drug-likeness (QED) is 0.290. The van der Waals surface area contributed by atoms with Crippen LogP contribution in [0.4, 0.5) is 10.6 Å². The number of aliphatic hydroxyl groups excluding tert-OH is 1. The van der Waals surface area contributed by atoms with Gasteiger partial charge in [-0.15, -0.1) is 0 Å². The molecule has 1 aliphatic carbocycles. The van der Waals surface area contributed by atoms with Crippen molar-refractivity contribution in [2.75, 3.05) is 5.73 Å². The Morgan fingerprint density at radius 2 is 1.68 bits per heavy atom. The molecule has 0 saturated heterocycles. The first-order valence-corrected chi connectivity index (χ1v) is 11.6. The standard InChI is InChI=1S/C23H22BrN5O.CH2O3/c24-20-21(15-6-9-17(30)10-7-15)28-23-18(13-27-29(23)22(20)25)16-8-11-19(26-12-16)14-4-2-1-3-5-14;2-1(3)4/h1-5,8,11-13,15,17,30H,6-7,9-10,25H2;(H2,2,3,4). The molecule has 5 N–H and O–H groups in total. The topological polar surface area (TPSA) is 147 Å². The first-order valence-electron chi connectivity index (χ1n) is 10.8. The molecule has 3 heterocycles. The highest BCUT2D eigenvalue weighted by molar-refractivity contribution is 9.10. The van der Waals surface area contributed by atoms with Crippen LogP contribution >= 0.6 is 15.9 Å². The summed E-state index contributed by atoms with van der Waals surface area (Å²) in [6, 6.07) is 14.2. The summed E-state index contributed by atoms with van der Waals surface area (Å²) in [5.74, 6) is 0.817. The van der Waals surface area contributed by atoms with Gasteiger partial charge in [0.25, 0.3) is 0 Å². The van der Waals surface area contributed by atoms with E-state index in [0.717, 1.165) is 63.9 Å². The molecule has 3 aromatic heterocycles. The van der Waals surface area contributed by atoms with E-state index >= 15 is 0 Å². The second-order valence-electron chi connectivity index (χ2n) is 8.08. The Morgan fingerprint density at radius 3 is 2.29 bits per heavy atom. The van der Waals surface area contributed by atoms with Gasteiger partial charge in [-0.2, -0.15) is 9.61 Å². The third kappa shape index (κ3) is 5.02. The number of hydrogen-bond donors (Lipinski definition) is 4. The van der Waals surface area contributed by atoms with E-state index in [1.54, 1.807) is 10.7 Å². The van der Waals surface area contributed by atoms with Crippen LogP contribution in [0.3, 0.4) is 0 Å². The molecule has 10 heteroatoms. The minimum Gasteiger partial charge on any atom is -0.450 e. The molecule has 1 aromatic carbocycles. The van der Waals surface area contributed by atoms with E-state index < -0.39 is 6.16 Å². The molecule has 1 aliphatic rings. The van der Waals surface area contributed by atoms with Crippen molar-refractivity contribution in [2.45, 2.75) is 37.7 Å². The molecular weight excluding hydrogens is 502 g/mol. The smallest absolute Gasteiger partial charge is 0.450 e. The molecule has 0 aliphatic heterocycles. The molecular formula is C24H24BrN5O4. The highest BCUT2D eigenvalue weighted by atomic mass is 79.9. The van der Waals surface area contributed by atoms with Crippen LogP contribution < -0.4 is 5.73 Å². The number of benzene rings is 1. The van der Waals surface area contributed by atoms with Gasteiger partial charge >= 0.3 is 6.16 Å². The van der Waals surface area contributed by atoms with Crippen LogP contribution in [0.1, 0.15) is 37.3 Å². The maximum Gasteiger partial charge on any atom is 0.503 e.